The minimum atomic E-state index is -3.92. The van der Waals surface area contributed by atoms with Crippen LogP contribution in [0, 0.1) is 11.3 Å². The molecule has 0 atom stereocenters. The van der Waals surface area contributed by atoms with Gasteiger partial charge in [0.2, 0.25) is 10.0 Å². The van der Waals surface area contributed by atoms with Gasteiger partial charge in [0.15, 0.2) is 0 Å². The summed E-state index contributed by atoms with van der Waals surface area (Å²) in [5.41, 5.74) is 1.63. The molecular formula is C19H21BrN4O3S. The van der Waals surface area contributed by atoms with Crippen molar-refractivity contribution in [3.8, 4) is 6.07 Å². The molecule has 2 rings (SSSR count). The SMILES string of the molecule is CN(C)CCN(Cc1ccc(C#N)cc1)C(=O)c1cc(S(N)(=O)=O)ccc1Br. The smallest absolute Gasteiger partial charge is 0.255 e. The van der Waals surface area contributed by atoms with Crippen LogP contribution in [0.1, 0.15) is 21.5 Å². The number of sulfonamides is 1. The highest BCUT2D eigenvalue weighted by molar-refractivity contribution is 9.10. The largest absolute Gasteiger partial charge is 0.333 e. The van der Waals surface area contributed by atoms with E-state index in [2.05, 4.69) is 22.0 Å². The molecule has 148 valence electrons. The maximum atomic E-state index is 13.2. The molecular weight excluding hydrogens is 444 g/mol. The number of primary sulfonamides is 1. The zero-order valence-electron chi connectivity index (χ0n) is 15.6. The Bertz CT molecular complexity index is 999. The molecule has 7 nitrogen and oxygen atoms in total. The number of nitrogens with zero attached hydrogens (tertiary/aromatic N) is 3. The van der Waals surface area contributed by atoms with Crippen LogP contribution in [-0.4, -0.2) is 51.3 Å². The quantitative estimate of drug-likeness (QED) is 0.675. The Kier molecular flexibility index (Phi) is 7.32. The lowest BCUT2D eigenvalue weighted by atomic mass is 10.1. The van der Waals surface area contributed by atoms with Crippen LogP contribution in [0.5, 0.6) is 0 Å². The first-order chi connectivity index (χ1) is 13.1. The van der Waals surface area contributed by atoms with Crippen molar-refractivity contribution in [1.29, 1.82) is 5.26 Å². The van der Waals surface area contributed by atoms with Crippen LogP contribution < -0.4 is 5.14 Å². The summed E-state index contributed by atoms with van der Waals surface area (Å²) >= 11 is 3.32. The number of rotatable bonds is 7. The van der Waals surface area contributed by atoms with Crippen LogP contribution >= 0.6 is 15.9 Å². The van der Waals surface area contributed by atoms with Crippen LogP contribution in [0.15, 0.2) is 51.8 Å². The second-order valence-electron chi connectivity index (χ2n) is 6.53. The van der Waals surface area contributed by atoms with E-state index in [1.807, 2.05) is 19.0 Å². The number of nitriles is 1. The maximum Gasteiger partial charge on any atom is 0.255 e. The number of amides is 1. The average Bonchev–Trinajstić information content (AvgIpc) is 2.64. The first-order valence-electron chi connectivity index (χ1n) is 8.37. The molecule has 0 aliphatic rings. The molecule has 0 bridgehead atoms. The van der Waals surface area contributed by atoms with Crippen molar-refractivity contribution in [2.24, 2.45) is 5.14 Å². The summed E-state index contributed by atoms with van der Waals surface area (Å²) in [6.45, 7) is 1.40. The van der Waals surface area contributed by atoms with Crippen molar-refractivity contribution in [3.05, 3.63) is 63.6 Å². The lowest BCUT2D eigenvalue weighted by Gasteiger charge is -2.25. The molecule has 9 heteroatoms. The Morgan fingerprint density at radius 2 is 1.79 bits per heavy atom. The van der Waals surface area contributed by atoms with Gasteiger partial charge in [0.05, 0.1) is 22.1 Å². The lowest BCUT2D eigenvalue weighted by Crippen LogP contribution is -2.36. The minimum Gasteiger partial charge on any atom is -0.333 e. The van der Waals surface area contributed by atoms with Gasteiger partial charge in [-0.15, -0.1) is 0 Å². The molecule has 0 heterocycles. The fraction of sp³-hybridized carbons (Fsp3) is 0.263. The summed E-state index contributed by atoms with van der Waals surface area (Å²) in [6.07, 6.45) is 0. The summed E-state index contributed by atoms with van der Waals surface area (Å²) in [6, 6.07) is 13.2. The second-order valence-corrected chi connectivity index (χ2v) is 8.94. The van der Waals surface area contributed by atoms with E-state index in [1.165, 1.54) is 18.2 Å². The fourth-order valence-electron chi connectivity index (χ4n) is 2.49. The summed E-state index contributed by atoms with van der Waals surface area (Å²) < 4.78 is 23.8. The van der Waals surface area contributed by atoms with Crippen molar-refractivity contribution >= 4 is 31.9 Å². The monoisotopic (exact) mass is 464 g/mol. The van der Waals surface area contributed by atoms with Gasteiger partial charge in [-0.2, -0.15) is 5.26 Å². The molecule has 0 aliphatic carbocycles. The van der Waals surface area contributed by atoms with E-state index in [0.717, 1.165) is 5.56 Å². The Morgan fingerprint density at radius 1 is 1.14 bits per heavy atom. The van der Waals surface area contributed by atoms with Gasteiger partial charge < -0.3 is 9.80 Å². The number of nitrogens with two attached hydrogens (primary N) is 1. The first kappa shape index (κ1) is 22.0. The summed E-state index contributed by atoms with van der Waals surface area (Å²) in [5, 5.41) is 14.1. The highest BCUT2D eigenvalue weighted by Gasteiger charge is 2.21. The van der Waals surface area contributed by atoms with Gasteiger partial charge in [-0.3, -0.25) is 4.79 Å². The van der Waals surface area contributed by atoms with Crippen molar-refractivity contribution in [1.82, 2.24) is 9.80 Å². The van der Waals surface area contributed by atoms with Crippen LogP contribution in [0.3, 0.4) is 0 Å². The number of hydrogen-bond acceptors (Lipinski definition) is 5. The Labute approximate surface area is 173 Å². The normalized spacial score (nSPS) is 11.3. The zero-order chi connectivity index (χ0) is 20.9. The number of hydrogen-bond donors (Lipinski definition) is 1. The minimum absolute atomic E-state index is 0.120. The Morgan fingerprint density at radius 3 is 2.32 bits per heavy atom. The molecule has 0 unspecified atom stereocenters. The highest BCUT2D eigenvalue weighted by atomic mass is 79.9. The molecule has 2 aromatic rings. The summed E-state index contributed by atoms with van der Waals surface area (Å²) in [7, 11) is -0.115. The van der Waals surface area contributed by atoms with E-state index in [0.29, 0.717) is 29.7 Å². The second kappa shape index (κ2) is 9.30. The molecule has 0 aromatic heterocycles. The zero-order valence-corrected chi connectivity index (χ0v) is 18.0. The summed E-state index contributed by atoms with van der Waals surface area (Å²) in [5.74, 6) is -0.316. The molecule has 2 N–H and O–H groups in total. The van der Waals surface area contributed by atoms with Crippen LogP contribution in [0.2, 0.25) is 0 Å². The van der Waals surface area contributed by atoms with Gasteiger partial charge in [0.1, 0.15) is 0 Å². The Balaban J connectivity index is 2.36. The molecule has 0 spiro atoms. The van der Waals surface area contributed by atoms with Crippen LogP contribution in [0.25, 0.3) is 0 Å². The van der Waals surface area contributed by atoms with Crippen molar-refractivity contribution in [2.45, 2.75) is 11.4 Å². The average molecular weight is 465 g/mol. The molecule has 2 aromatic carbocycles. The van der Waals surface area contributed by atoms with E-state index in [1.54, 1.807) is 29.2 Å². The maximum absolute atomic E-state index is 13.2. The van der Waals surface area contributed by atoms with Gasteiger partial charge in [-0.05, 0) is 65.9 Å². The topological polar surface area (TPSA) is 108 Å². The third-order valence-corrected chi connectivity index (χ3v) is 5.66. The van der Waals surface area contributed by atoms with Crippen molar-refractivity contribution in [2.75, 3.05) is 27.2 Å². The molecule has 0 aliphatic heterocycles. The molecule has 0 radical (unpaired) electrons. The number of benzene rings is 2. The van der Waals surface area contributed by atoms with E-state index in [4.69, 9.17) is 10.4 Å². The van der Waals surface area contributed by atoms with Crippen LogP contribution in [-0.2, 0) is 16.6 Å². The number of likely N-dealkylation sites (N-methyl/N-ethyl adjacent to an activating group) is 1. The summed E-state index contributed by atoms with van der Waals surface area (Å²) in [4.78, 5) is 16.6. The standard InChI is InChI=1S/C19H21BrN4O3S/c1-23(2)9-10-24(13-15-5-3-14(12-21)4-6-15)19(25)17-11-16(28(22,26)27)7-8-18(17)20/h3-8,11H,9-10,13H2,1-2H3,(H2,22,26,27). The van der Waals surface area contributed by atoms with Gasteiger partial charge in [0.25, 0.3) is 5.91 Å². The van der Waals surface area contributed by atoms with Crippen molar-refractivity contribution in [3.63, 3.8) is 0 Å². The highest BCUT2D eigenvalue weighted by Crippen LogP contribution is 2.23. The molecule has 28 heavy (non-hydrogen) atoms. The van der Waals surface area contributed by atoms with E-state index >= 15 is 0 Å². The third kappa shape index (κ3) is 5.87. The van der Waals surface area contributed by atoms with E-state index in [-0.39, 0.29) is 16.4 Å². The third-order valence-electron chi connectivity index (χ3n) is 4.06. The number of carbonyl (C=O) groups is 1. The van der Waals surface area contributed by atoms with E-state index < -0.39 is 10.0 Å². The lowest BCUT2D eigenvalue weighted by molar-refractivity contribution is 0.0731. The molecule has 0 saturated heterocycles. The molecule has 0 saturated carbocycles. The van der Waals surface area contributed by atoms with Gasteiger partial charge in [-0.1, -0.05) is 12.1 Å². The van der Waals surface area contributed by atoms with Crippen molar-refractivity contribution < 1.29 is 13.2 Å². The van der Waals surface area contributed by atoms with Gasteiger partial charge >= 0.3 is 0 Å². The predicted octanol–water partition coefficient (Wildman–Crippen LogP) is 2.17. The van der Waals surface area contributed by atoms with E-state index in [9.17, 15) is 13.2 Å². The van der Waals surface area contributed by atoms with Crippen LogP contribution in [0.4, 0.5) is 0 Å². The Hall–Kier alpha value is -2.25. The number of carbonyl (C=O) groups excluding carboxylic acids is 1. The predicted molar refractivity (Wildman–Crippen MR) is 110 cm³/mol. The van der Waals surface area contributed by atoms with Gasteiger partial charge in [-0.25, -0.2) is 13.6 Å². The molecule has 0 fully saturated rings. The number of halogens is 1. The molecule has 1 amide bonds. The fourth-order valence-corrected chi connectivity index (χ4v) is 3.45. The van der Waals surface area contributed by atoms with Gasteiger partial charge in [0, 0.05) is 24.1 Å². The first-order valence-corrected chi connectivity index (χ1v) is 10.7.